The van der Waals surface area contributed by atoms with Gasteiger partial charge in [0, 0.05) is 33.6 Å². The van der Waals surface area contributed by atoms with Crippen molar-refractivity contribution in [3.8, 4) is 0 Å². The molecule has 0 bridgehead atoms. The van der Waals surface area contributed by atoms with Crippen molar-refractivity contribution < 1.29 is 0 Å². The standard InChI is InChI=1S/C15H11N3O2/c1-2-18-14(19)8-3-5-10-13-11(17-7-16-10)6-4-9(12(8)13)15(18)20/h3-7H,2H2,1H3,(H,16,17). The number of pyridine rings is 1. The zero-order chi connectivity index (χ0) is 13.9. The minimum atomic E-state index is -0.233. The van der Waals surface area contributed by atoms with E-state index in [1.807, 2.05) is 12.1 Å². The van der Waals surface area contributed by atoms with E-state index in [0.29, 0.717) is 22.7 Å². The Morgan fingerprint density at radius 3 is 2.45 bits per heavy atom. The van der Waals surface area contributed by atoms with Crippen LogP contribution in [0.3, 0.4) is 0 Å². The van der Waals surface area contributed by atoms with Gasteiger partial charge in [0.2, 0.25) is 0 Å². The number of hydrogen-bond donors (Lipinski definition) is 1. The highest BCUT2D eigenvalue weighted by Crippen LogP contribution is 2.29. The summed E-state index contributed by atoms with van der Waals surface area (Å²) in [5.41, 5.74) is 1.19. The second-order valence-corrected chi connectivity index (χ2v) is 4.80. The molecule has 0 aliphatic rings. The van der Waals surface area contributed by atoms with E-state index in [0.717, 1.165) is 16.4 Å². The van der Waals surface area contributed by atoms with Crippen LogP contribution in [0.1, 0.15) is 6.92 Å². The summed E-state index contributed by atoms with van der Waals surface area (Å²) in [6.07, 6.45) is 1.62. The van der Waals surface area contributed by atoms with Crippen molar-refractivity contribution in [2.24, 2.45) is 0 Å². The molecule has 0 fully saturated rings. The highest BCUT2D eigenvalue weighted by atomic mass is 16.2. The second-order valence-electron chi connectivity index (χ2n) is 4.80. The monoisotopic (exact) mass is 265 g/mol. The van der Waals surface area contributed by atoms with Crippen molar-refractivity contribution in [2.75, 3.05) is 0 Å². The summed E-state index contributed by atoms with van der Waals surface area (Å²) in [6, 6.07) is 7.21. The number of H-pyrrole nitrogens is 1. The molecule has 4 rings (SSSR count). The summed E-state index contributed by atoms with van der Waals surface area (Å²) >= 11 is 0. The predicted octanol–water partition coefficient (Wildman–Crippen LogP) is 1.85. The molecule has 0 spiro atoms. The van der Waals surface area contributed by atoms with E-state index < -0.39 is 0 Å². The maximum atomic E-state index is 12.4. The molecule has 0 aliphatic heterocycles. The van der Waals surface area contributed by atoms with Crippen LogP contribution >= 0.6 is 0 Å². The maximum Gasteiger partial charge on any atom is 0.261 e. The zero-order valence-corrected chi connectivity index (χ0v) is 10.8. The summed E-state index contributed by atoms with van der Waals surface area (Å²) < 4.78 is 1.28. The molecule has 0 saturated carbocycles. The number of nitrogens with zero attached hydrogens (tertiary/aromatic N) is 2. The molecule has 2 aromatic carbocycles. The number of aromatic amines is 1. The molecule has 1 N–H and O–H groups in total. The van der Waals surface area contributed by atoms with E-state index in [1.54, 1.807) is 25.4 Å². The Kier molecular flexibility index (Phi) is 2.04. The van der Waals surface area contributed by atoms with Crippen LogP contribution in [0.4, 0.5) is 0 Å². The molecule has 98 valence electrons. The summed E-state index contributed by atoms with van der Waals surface area (Å²) in [5, 5.41) is 2.70. The van der Waals surface area contributed by atoms with Crippen molar-refractivity contribution in [3.05, 3.63) is 51.3 Å². The summed E-state index contributed by atoms with van der Waals surface area (Å²) in [4.78, 5) is 32.2. The molecule has 5 heteroatoms. The van der Waals surface area contributed by atoms with Gasteiger partial charge in [0.05, 0.1) is 11.8 Å². The summed E-state index contributed by atoms with van der Waals surface area (Å²) in [5.74, 6) is 0. The number of aromatic nitrogens is 3. The van der Waals surface area contributed by atoms with Crippen molar-refractivity contribution in [3.63, 3.8) is 0 Å². The van der Waals surface area contributed by atoms with Gasteiger partial charge in [0.1, 0.15) is 0 Å². The molecule has 5 nitrogen and oxygen atoms in total. The molecule has 0 atom stereocenters. The van der Waals surface area contributed by atoms with Gasteiger partial charge < -0.3 is 4.98 Å². The minimum absolute atomic E-state index is 0.233. The molecule has 20 heavy (non-hydrogen) atoms. The van der Waals surface area contributed by atoms with Crippen LogP contribution in [0.5, 0.6) is 0 Å². The smallest absolute Gasteiger partial charge is 0.261 e. The minimum Gasteiger partial charge on any atom is -0.346 e. The second kappa shape index (κ2) is 3.66. The molecule has 0 unspecified atom stereocenters. The third kappa shape index (κ3) is 1.19. The van der Waals surface area contributed by atoms with Gasteiger partial charge in [-0.25, -0.2) is 4.98 Å². The number of hydrogen-bond acceptors (Lipinski definition) is 3. The van der Waals surface area contributed by atoms with E-state index in [4.69, 9.17) is 0 Å². The van der Waals surface area contributed by atoms with Crippen molar-refractivity contribution >= 4 is 32.6 Å². The van der Waals surface area contributed by atoms with Crippen LogP contribution in [0.2, 0.25) is 0 Å². The summed E-state index contributed by atoms with van der Waals surface area (Å²) in [6.45, 7) is 2.17. The third-order valence-electron chi connectivity index (χ3n) is 3.83. The fourth-order valence-corrected chi connectivity index (χ4v) is 2.90. The Labute approximate surface area is 112 Å². The normalized spacial score (nSPS) is 11.8. The third-order valence-corrected chi connectivity index (χ3v) is 3.83. The maximum absolute atomic E-state index is 12.4. The highest BCUT2D eigenvalue weighted by Gasteiger charge is 2.15. The largest absolute Gasteiger partial charge is 0.346 e. The van der Waals surface area contributed by atoms with Crippen molar-refractivity contribution in [1.29, 1.82) is 0 Å². The fourth-order valence-electron chi connectivity index (χ4n) is 2.90. The molecule has 0 radical (unpaired) electrons. The Morgan fingerprint density at radius 2 is 1.75 bits per heavy atom. The molecule has 0 saturated heterocycles. The first-order valence-corrected chi connectivity index (χ1v) is 6.47. The van der Waals surface area contributed by atoms with Crippen LogP contribution in [0, 0.1) is 0 Å². The molecule has 2 aromatic heterocycles. The Morgan fingerprint density at radius 1 is 1.05 bits per heavy atom. The lowest BCUT2D eigenvalue weighted by Gasteiger charge is -2.11. The highest BCUT2D eigenvalue weighted by molar-refractivity contribution is 6.20. The predicted molar refractivity (Wildman–Crippen MR) is 78.5 cm³/mol. The summed E-state index contributed by atoms with van der Waals surface area (Å²) in [7, 11) is 0. The topological polar surface area (TPSA) is 67.8 Å². The SMILES string of the molecule is CCn1c(=O)c2ccc3nc[nH]c4ccc(c1=O)c2c34. The first kappa shape index (κ1) is 11.2. The number of benzene rings is 2. The van der Waals surface area contributed by atoms with Gasteiger partial charge >= 0.3 is 0 Å². The van der Waals surface area contributed by atoms with Crippen LogP contribution in [0.15, 0.2) is 40.2 Å². The van der Waals surface area contributed by atoms with Crippen LogP contribution in [-0.2, 0) is 6.54 Å². The lowest BCUT2D eigenvalue weighted by molar-refractivity contribution is 0.713. The van der Waals surface area contributed by atoms with E-state index in [9.17, 15) is 9.59 Å². The van der Waals surface area contributed by atoms with Crippen LogP contribution < -0.4 is 11.1 Å². The lowest BCUT2D eigenvalue weighted by Crippen LogP contribution is -2.32. The van der Waals surface area contributed by atoms with E-state index in [-0.39, 0.29) is 11.1 Å². The average molecular weight is 265 g/mol. The number of nitrogens with one attached hydrogen (secondary N) is 1. The quantitative estimate of drug-likeness (QED) is 0.534. The Bertz CT molecular complexity index is 998. The van der Waals surface area contributed by atoms with E-state index in [2.05, 4.69) is 9.97 Å². The Hall–Kier alpha value is -2.69. The van der Waals surface area contributed by atoms with Crippen LogP contribution in [0.25, 0.3) is 32.6 Å². The first-order valence-electron chi connectivity index (χ1n) is 6.47. The van der Waals surface area contributed by atoms with Gasteiger partial charge in [-0.05, 0) is 31.2 Å². The van der Waals surface area contributed by atoms with Gasteiger partial charge in [-0.15, -0.1) is 0 Å². The number of rotatable bonds is 1. The average Bonchev–Trinajstić information content (AvgIpc) is 2.48. The molecule has 4 aromatic rings. The lowest BCUT2D eigenvalue weighted by atomic mass is 10.0. The Balaban J connectivity index is 2.48. The molecule has 0 amide bonds. The fraction of sp³-hybridized carbons (Fsp3) is 0.133. The molecular weight excluding hydrogens is 254 g/mol. The van der Waals surface area contributed by atoms with Gasteiger partial charge in [-0.1, -0.05) is 0 Å². The molecule has 2 heterocycles. The van der Waals surface area contributed by atoms with Gasteiger partial charge in [0.25, 0.3) is 11.1 Å². The van der Waals surface area contributed by atoms with Crippen molar-refractivity contribution in [2.45, 2.75) is 13.5 Å². The van der Waals surface area contributed by atoms with Crippen molar-refractivity contribution in [1.82, 2.24) is 14.5 Å². The van der Waals surface area contributed by atoms with E-state index in [1.165, 1.54) is 4.57 Å². The van der Waals surface area contributed by atoms with E-state index >= 15 is 0 Å². The van der Waals surface area contributed by atoms with Gasteiger partial charge in [0.15, 0.2) is 0 Å². The molecule has 0 aliphatic carbocycles. The van der Waals surface area contributed by atoms with Crippen LogP contribution in [-0.4, -0.2) is 14.5 Å². The molecular formula is C15H11N3O2. The first-order chi connectivity index (χ1) is 9.72. The zero-order valence-electron chi connectivity index (χ0n) is 10.8. The van der Waals surface area contributed by atoms with Gasteiger partial charge in [-0.3, -0.25) is 14.2 Å². The van der Waals surface area contributed by atoms with Gasteiger partial charge in [-0.2, -0.15) is 0 Å².